The lowest BCUT2D eigenvalue weighted by Crippen LogP contribution is -2.30. The van der Waals surface area contributed by atoms with Crippen LogP contribution in [0.15, 0.2) is 18.2 Å². The number of ether oxygens (including phenoxy) is 2. The third-order valence-electron chi connectivity index (χ3n) is 2.83. The van der Waals surface area contributed by atoms with E-state index in [0.29, 0.717) is 22.9 Å². The van der Waals surface area contributed by atoms with Crippen LogP contribution in [0.3, 0.4) is 0 Å². The summed E-state index contributed by atoms with van der Waals surface area (Å²) in [6.07, 6.45) is 1.08. The lowest BCUT2D eigenvalue weighted by molar-refractivity contribution is -0.153. The Morgan fingerprint density at radius 1 is 1.38 bits per heavy atom. The van der Waals surface area contributed by atoms with Crippen molar-refractivity contribution in [1.82, 2.24) is 0 Å². The fourth-order valence-electron chi connectivity index (χ4n) is 1.64. The predicted molar refractivity (Wildman–Crippen MR) is 81.7 cm³/mol. The van der Waals surface area contributed by atoms with Crippen LogP contribution in [0.25, 0.3) is 0 Å². The number of halogens is 1. The maximum atomic E-state index is 12.0. The molecule has 0 spiro atoms. The van der Waals surface area contributed by atoms with Gasteiger partial charge in [0.05, 0.1) is 12.8 Å². The minimum absolute atomic E-state index is 0.314. The molecule has 1 atom stereocenters. The SMILES string of the molecule is CCCCC(=O)O[C@H](C)C(=O)Nc1cc(Cl)ccc1OC. The molecule has 0 unspecified atom stereocenters. The monoisotopic (exact) mass is 313 g/mol. The van der Waals surface area contributed by atoms with Gasteiger partial charge < -0.3 is 14.8 Å². The van der Waals surface area contributed by atoms with Crippen LogP contribution in [-0.4, -0.2) is 25.1 Å². The number of esters is 1. The smallest absolute Gasteiger partial charge is 0.306 e. The third-order valence-corrected chi connectivity index (χ3v) is 3.07. The number of anilines is 1. The summed E-state index contributed by atoms with van der Waals surface area (Å²) in [6, 6.07) is 4.88. The number of hydrogen-bond acceptors (Lipinski definition) is 4. The Morgan fingerprint density at radius 2 is 2.10 bits per heavy atom. The van der Waals surface area contributed by atoms with Crippen molar-refractivity contribution in [2.75, 3.05) is 12.4 Å². The zero-order valence-electron chi connectivity index (χ0n) is 12.4. The van der Waals surface area contributed by atoms with Crippen LogP contribution in [0, 0.1) is 0 Å². The number of unbranched alkanes of at least 4 members (excludes halogenated alkanes) is 1. The summed E-state index contributed by atoms with van der Waals surface area (Å²) in [5.41, 5.74) is 0.437. The minimum atomic E-state index is -0.877. The van der Waals surface area contributed by atoms with E-state index < -0.39 is 12.0 Å². The summed E-state index contributed by atoms with van der Waals surface area (Å²) in [6.45, 7) is 3.51. The molecule has 0 aliphatic heterocycles. The molecule has 0 radical (unpaired) electrons. The van der Waals surface area contributed by atoms with E-state index in [1.54, 1.807) is 18.2 Å². The molecule has 0 aromatic heterocycles. The standard InChI is InChI=1S/C15H20ClNO4/c1-4-5-6-14(18)21-10(2)15(19)17-12-9-11(16)7-8-13(12)20-3/h7-10H,4-6H2,1-3H3,(H,17,19)/t10-/m1/s1. The minimum Gasteiger partial charge on any atom is -0.495 e. The van der Waals surface area contributed by atoms with Crippen LogP contribution in [-0.2, 0) is 14.3 Å². The highest BCUT2D eigenvalue weighted by Crippen LogP contribution is 2.27. The van der Waals surface area contributed by atoms with E-state index >= 15 is 0 Å². The highest BCUT2D eigenvalue weighted by molar-refractivity contribution is 6.31. The number of methoxy groups -OCH3 is 1. The summed E-state index contributed by atoms with van der Waals surface area (Å²) in [5.74, 6) is -0.324. The van der Waals surface area contributed by atoms with Gasteiger partial charge in [0, 0.05) is 11.4 Å². The van der Waals surface area contributed by atoms with Crippen LogP contribution in [0.1, 0.15) is 33.1 Å². The second-order valence-electron chi connectivity index (χ2n) is 4.57. The first-order valence-corrected chi connectivity index (χ1v) is 7.19. The molecule has 1 aromatic rings. The van der Waals surface area contributed by atoms with E-state index in [2.05, 4.69) is 5.32 Å². The molecule has 6 heteroatoms. The Kier molecular flexibility index (Phi) is 7.02. The summed E-state index contributed by atoms with van der Waals surface area (Å²) < 4.78 is 10.2. The van der Waals surface area contributed by atoms with Gasteiger partial charge in [-0.3, -0.25) is 9.59 Å². The van der Waals surface area contributed by atoms with Gasteiger partial charge in [0.25, 0.3) is 5.91 Å². The zero-order chi connectivity index (χ0) is 15.8. The summed E-state index contributed by atoms with van der Waals surface area (Å²) in [5, 5.41) is 3.11. The van der Waals surface area contributed by atoms with E-state index in [1.165, 1.54) is 14.0 Å². The molecule has 0 aliphatic carbocycles. The van der Waals surface area contributed by atoms with Gasteiger partial charge in [-0.1, -0.05) is 24.9 Å². The van der Waals surface area contributed by atoms with E-state index in [1.807, 2.05) is 6.92 Å². The van der Waals surface area contributed by atoms with Crippen molar-refractivity contribution in [2.24, 2.45) is 0 Å². The van der Waals surface area contributed by atoms with Crippen molar-refractivity contribution >= 4 is 29.2 Å². The second kappa shape index (κ2) is 8.52. The van der Waals surface area contributed by atoms with Gasteiger partial charge in [-0.2, -0.15) is 0 Å². The highest BCUT2D eigenvalue weighted by Gasteiger charge is 2.19. The zero-order valence-corrected chi connectivity index (χ0v) is 13.2. The summed E-state index contributed by atoms with van der Waals surface area (Å²) in [4.78, 5) is 23.5. The van der Waals surface area contributed by atoms with Gasteiger partial charge in [-0.05, 0) is 31.5 Å². The van der Waals surface area contributed by atoms with Crippen molar-refractivity contribution < 1.29 is 19.1 Å². The Bertz CT molecular complexity index is 504. The molecule has 0 aliphatic rings. The Morgan fingerprint density at radius 3 is 2.71 bits per heavy atom. The van der Waals surface area contributed by atoms with Crippen molar-refractivity contribution in [3.05, 3.63) is 23.2 Å². The van der Waals surface area contributed by atoms with E-state index in [9.17, 15) is 9.59 Å². The fourth-order valence-corrected chi connectivity index (χ4v) is 1.82. The van der Waals surface area contributed by atoms with E-state index in [0.717, 1.165) is 12.8 Å². The Balaban J connectivity index is 2.64. The molecule has 21 heavy (non-hydrogen) atoms. The molecular formula is C15H20ClNO4. The van der Waals surface area contributed by atoms with Crippen LogP contribution in [0.4, 0.5) is 5.69 Å². The number of benzene rings is 1. The van der Waals surface area contributed by atoms with E-state index in [-0.39, 0.29) is 5.97 Å². The number of amides is 1. The fraction of sp³-hybridized carbons (Fsp3) is 0.467. The maximum absolute atomic E-state index is 12.0. The van der Waals surface area contributed by atoms with Crippen molar-refractivity contribution in [3.63, 3.8) is 0 Å². The molecule has 1 amide bonds. The van der Waals surface area contributed by atoms with Gasteiger partial charge in [-0.25, -0.2) is 0 Å². The molecule has 1 aromatic carbocycles. The summed E-state index contributed by atoms with van der Waals surface area (Å²) in [7, 11) is 1.49. The molecule has 0 heterocycles. The second-order valence-corrected chi connectivity index (χ2v) is 5.01. The van der Waals surface area contributed by atoms with Crippen molar-refractivity contribution in [1.29, 1.82) is 0 Å². The van der Waals surface area contributed by atoms with E-state index in [4.69, 9.17) is 21.1 Å². The topological polar surface area (TPSA) is 64.6 Å². The molecule has 1 rings (SSSR count). The first-order valence-electron chi connectivity index (χ1n) is 6.81. The van der Waals surface area contributed by atoms with Gasteiger partial charge in [0.2, 0.25) is 0 Å². The van der Waals surface area contributed by atoms with Crippen LogP contribution in [0.2, 0.25) is 5.02 Å². The predicted octanol–water partition coefficient (Wildman–Crippen LogP) is 3.41. The van der Waals surface area contributed by atoms with Gasteiger partial charge >= 0.3 is 5.97 Å². The average molecular weight is 314 g/mol. The van der Waals surface area contributed by atoms with Gasteiger partial charge in [-0.15, -0.1) is 0 Å². The first kappa shape index (κ1) is 17.3. The third kappa shape index (κ3) is 5.63. The molecule has 116 valence electrons. The lowest BCUT2D eigenvalue weighted by Gasteiger charge is -2.15. The number of carbonyl (C=O) groups excluding carboxylic acids is 2. The highest BCUT2D eigenvalue weighted by atomic mass is 35.5. The molecule has 1 N–H and O–H groups in total. The van der Waals surface area contributed by atoms with Gasteiger partial charge in [0.1, 0.15) is 5.75 Å². The lowest BCUT2D eigenvalue weighted by atomic mass is 10.2. The molecule has 5 nitrogen and oxygen atoms in total. The first-order chi connectivity index (χ1) is 9.97. The average Bonchev–Trinajstić information content (AvgIpc) is 2.45. The number of rotatable bonds is 7. The van der Waals surface area contributed by atoms with Crippen LogP contribution >= 0.6 is 11.6 Å². The number of hydrogen-bond donors (Lipinski definition) is 1. The number of carbonyl (C=O) groups is 2. The summed E-state index contributed by atoms with van der Waals surface area (Å²) >= 11 is 5.89. The molecule has 0 fully saturated rings. The molecular weight excluding hydrogens is 294 g/mol. The molecule has 0 saturated heterocycles. The Labute approximate surface area is 129 Å². The largest absolute Gasteiger partial charge is 0.495 e. The Hall–Kier alpha value is -1.75. The molecule has 0 saturated carbocycles. The normalized spacial score (nSPS) is 11.6. The van der Waals surface area contributed by atoms with Crippen LogP contribution in [0.5, 0.6) is 5.75 Å². The van der Waals surface area contributed by atoms with Crippen molar-refractivity contribution in [3.8, 4) is 5.75 Å². The maximum Gasteiger partial charge on any atom is 0.306 e. The van der Waals surface area contributed by atoms with Gasteiger partial charge in [0.15, 0.2) is 6.10 Å². The molecule has 0 bridgehead atoms. The quantitative estimate of drug-likeness (QED) is 0.783. The van der Waals surface area contributed by atoms with Crippen LogP contribution < -0.4 is 10.1 Å². The number of nitrogens with one attached hydrogen (secondary N) is 1. The van der Waals surface area contributed by atoms with Crippen molar-refractivity contribution in [2.45, 2.75) is 39.2 Å².